The van der Waals surface area contributed by atoms with Crippen LogP contribution in [0.1, 0.15) is 39.5 Å². The Hall–Kier alpha value is -0.120. The van der Waals surface area contributed by atoms with Gasteiger partial charge in [-0.3, -0.25) is 4.90 Å². The van der Waals surface area contributed by atoms with Gasteiger partial charge in [-0.2, -0.15) is 0 Å². The van der Waals surface area contributed by atoms with Crippen LogP contribution in [0.25, 0.3) is 0 Å². The Balaban J connectivity index is 2.62. The molecule has 2 atom stereocenters. The number of likely N-dealkylation sites (tertiary alicyclic amines) is 1. The summed E-state index contributed by atoms with van der Waals surface area (Å²) in [7, 11) is 1.80. The molecule has 2 N–H and O–H groups in total. The lowest BCUT2D eigenvalue weighted by Crippen LogP contribution is -2.51. The minimum Gasteiger partial charge on any atom is -0.383 e. The van der Waals surface area contributed by atoms with E-state index in [9.17, 15) is 0 Å². The van der Waals surface area contributed by atoms with Crippen molar-refractivity contribution in [2.75, 3.05) is 26.8 Å². The third kappa shape index (κ3) is 3.72. The van der Waals surface area contributed by atoms with Gasteiger partial charge in [-0.05, 0) is 38.3 Å². The molecule has 1 rings (SSSR count). The summed E-state index contributed by atoms with van der Waals surface area (Å²) in [5.74, 6) is 0.651. The summed E-state index contributed by atoms with van der Waals surface area (Å²) in [5.41, 5.74) is 5.71. The molecule has 0 bridgehead atoms. The van der Waals surface area contributed by atoms with Gasteiger partial charge in [0, 0.05) is 19.2 Å². The topological polar surface area (TPSA) is 38.5 Å². The highest BCUT2D eigenvalue weighted by Gasteiger charge is 2.29. The lowest BCUT2D eigenvalue weighted by molar-refractivity contribution is 0.0163. The highest BCUT2D eigenvalue weighted by molar-refractivity contribution is 4.84. The van der Waals surface area contributed by atoms with Crippen LogP contribution in [0.2, 0.25) is 0 Å². The van der Waals surface area contributed by atoms with Crippen molar-refractivity contribution in [1.29, 1.82) is 0 Å². The standard InChI is InChI=1S/C13H28N2O/c1-11(2)13(10-16-3)15-9-5-4-6-12(15)7-8-14/h11-13H,4-10,14H2,1-3H3. The smallest absolute Gasteiger partial charge is 0.0620 e. The number of piperidine rings is 1. The van der Waals surface area contributed by atoms with Gasteiger partial charge in [0.2, 0.25) is 0 Å². The van der Waals surface area contributed by atoms with Crippen LogP contribution in [-0.4, -0.2) is 43.8 Å². The minimum absolute atomic E-state index is 0.557. The number of ether oxygens (including phenoxy) is 1. The Bertz CT molecular complexity index is 183. The van der Waals surface area contributed by atoms with E-state index in [2.05, 4.69) is 18.7 Å². The molecule has 0 spiro atoms. The summed E-state index contributed by atoms with van der Waals surface area (Å²) >= 11 is 0. The van der Waals surface area contributed by atoms with Gasteiger partial charge in [0.05, 0.1) is 6.61 Å². The molecule has 1 aliphatic heterocycles. The van der Waals surface area contributed by atoms with Crippen molar-refractivity contribution < 1.29 is 4.74 Å². The Morgan fingerprint density at radius 1 is 1.38 bits per heavy atom. The summed E-state index contributed by atoms with van der Waals surface area (Å²) in [4.78, 5) is 2.64. The van der Waals surface area contributed by atoms with Crippen LogP contribution in [0.4, 0.5) is 0 Å². The van der Waals surface area contributed by atoms with Crippen molar-refractivity contribution in [3.63, 3.8) is 0 Å². The molecule has 0 aromatic rings. The second-order valence-electron chi connectivity index (χ2n) is 5.23. The maximum Gasteiger partial charge on any atom is 0.0620 e. The largest absolute Gasteiger partial charge is 0.383 e. The highest BCUT2D eigenvalue weighted by atomic mass is 16.5. The fourth-order valence-electron chi connectivity index (χ4n) is 2.80. The fraction of sp³-hybridized carbons (Fsp3) is 1.00. The Kier molecular flexibility index (Phi) is 6.32. The molecular formula is C13H28N2O. The molecule has 1 fully saturated rings. The molecule has 2 unspecified atom stereocenters. The first-order valence-electron chi connectivity index (χ1n) is 6.65. The highest BCUT2D eigenvalue weighted by Crippen LogP contribution is 2.25. The van der Waals surface area contributed by atoms with Crippen molar-refractivity contribution in [3.05, 3.63) is 0 Å². The zero-order valence-corrected chi connectivity index (χ0v) is 11.1. The van der Waals surface area contributed by atoms with Gasteiger partial charge in [0.1, 0.15) is 0 Å². The van der Waals surface area contributed by atoms with Gasteiger partial charge < -0.3 is 10.5 Å². The minimum atomic E-state index is 0.557. The molecule has 1 aliphatic rings. The molecule has 0 saturated carbocycles. The first-order chi connectivity index (χ1) is 7.70. The Morgan fingerprint density at radius 2 is 2.12 bits per heavy atom. The Morgan fingerprint density at radius 3 is 2.69 bits per heavy atom. The number of methoxy groups -OCH3 is 1. The van der Waals surface area contributed by atoms with Crippen LogP contribution < -0.4 is 5.73 Å². The van der Waals surface area contributed by atoms with E-state index < -0.39 is 0 Å². The van der Waals surface area contributed by atoms with Gasteiger partial charge >= 0.3 is 0 Å². The van der Waals surface area contributed by atoms with Crippen molar-refractivity contribution in [1.82, 2.24) is 4.90 Å². The number of hydrogen-bond acceptors (Lipinski definition) is 3. The molecule has 3 heteroatoms. The van der Waals surface area contributed by atoms with Crippen LogP contribution in [0.3, 0.4) is 0 Å². The van der Waals surface area contributed by atoms with E-state index in [4.69, 9.17) is 10.5 Å². The monoisotopic (exact) mass is 228 g/mol. The van der Waals surface area contributed by atoms with E-state index >= 15 is 0 Å². The molecule has 16 heavy (non-hydrogen) atoms. The predicted molar refractivity (Wildman–Crippen MR) is 68.5 cm³/mol. The summed E-state index contributed by atoms with van der Waals surface area (Å²) in [6.45, 7) is 7.45. The summed E-state index contributed by atoms with van der Waals surface area (Å²) in [5, 5.41) is 0. The second-order valence-corrected chi connectivity index (χ2v) is 5.23. The van der Waals surface area contributed by atoms with Crippen molar-refractivity contribution in [3.8, 4) is 0 Å². The van der Waals surface area contributed by atoms with Gasteiger partial charge in [0.25, 0.3) is 0 Å². The summed E-state index contributed by atoms with van der Waals surface area (Å²) in [6.07, 6.45) is 5.13. The number of nitrogens with two attached hydrogens (primary N) is 1. The first kappa shape index (κ1) is 13.9. The van der Waals surface area contributed by atoms with Crippen LogP contribution in [-0.2, 0) is 4.74 Å². The summed E-state index contributed by atoms with van der Waals surface area (Å²) in [6, 6.07) is 1.24. The molecular weight excluding hydrogens is 200 g/mol. The van der Waals surface area contributed by atoms with E-state index in [0.29, 0.717) is 18.0 Å². The van der Waals surface area contributed by atoms with Gasteiger partial charge in [-0.25, -0.2) is 0 Å². The maximum atomic E-state index is 5.71. The van der Waals surface area contributed by atoms with E-state index in [1.807, 2.05) is 0 Å². The normalized spacial score (nSPS) is 24.9. The van der Waals surface area contributed by atoms with Crippen LogP contribution >= 0.6 is 0 Å². The van der Waals surface area contributed by atoms with E-state index in [1.54, 1.807) is 7.11 Å². The molecule has 1 heterocycles. The van der Waals surface area contributed by atoms with Crippen LogP contribution in [0, 0.1) is 5.92 Å². The molecule has 0 radical (unpaired) electrons. The number of rotatable bonds is 6. The molecule has 3 nitrogen and oxygen atoms in total. The third-order valence-electron chi connectivity index (χ3n) is 3.71. The zero-order chi connectivity index (χ0) is 12.0. The van der Waals surface area contributed by atoms with Crippen molar-refractivity contribution in [2.45, 2.75) is 51.6 Å². The predicted octanol–water partition coefficient (Wildman–Crippen LogP) is 1.86. The van der Waals surface area contributed by atoms with Gasteiger partial charge in [-0.15, -0.1) is 0 Å². The lowest BCUT2D eigenvalue weighted by atomic mass is 9.93. The van der Waals surface area contributed by atoms with Crippen LogP contribution in [0.15, 0.2) is 0 Å². The van der Waals surface area contributed by atoms with Crippen molar-refractivity contribution >= 4 is 0 Å². The van der Waals surface area contributed by atoms with E-state index in [-0.39, 0.29) is 0 Å². The second kappa shape index (κ2) is 7.25. The summed E-state index contributed by atoms with van der Waals surface area (Å²) < 4.78 is 5.37. The van der Waals surface area contributed by atoms with Gasteiger partial charge in [0.15, 0.2) is 0 Å². The Labute approximate surface area is 100 Å². The molecule has 96 valence electrons. The third-order valence-corrected chi connectivity index (χ3v) is 3.71. The molecule has 0 aliphatic carbocycles. The van der Waals surface area contributed by atoms with E-state index in [0.717, 1.165) is 19.6 Å². The average Bonchev–Trinajstić information content (AvgIpc) is 2.27. The quantitative estimate of drug-likeness (QED) is 0.754. The molecule has 0 amide bonds. The van der Waals surface area contributed by atoms with Crippen LogP contribution in [0.5, 0.6) is 0 Å². The molecule has 1 saturated heterocycles. The molecule has 0 aromatic heterocycles. The zero-order valence-electron chi connectivity index (χ0n) is 11.1. The van der Waals surface area contributed by atoms with Gasteiger partial charge in [-0.1, -0.05) is 20.3 Å². The average molecular weight is 228 g/mol. The first-order valence-corrected chi connectivity index (χ1v) is 6.65. The fourth-order valence-corrected chi connectivity index (χ4v) is 2.80. The SMILES string of the molecule is COCC(C(C)C)N1CCCCC1CCN. The van der Waals surface area contributed by atoms with Crippen molar-refractivity contribution in [2.24, 2.45) is 11.7 Å². The number of nitrogens with zero attached hydrogens (tertiary/aromatic N) is 1. The lowest BCUT2D eigenvalue weighted by Gasteiger charge is -2.42. The maximum absolute atomic E-state index is 5.71. The molecule has 0 aromatic carbocycles. The number of hydrogen-bond donors (Lipinski definition) is 1. The van der Waals surface area contributed by atoms with E-state index in [1.165, 1.54) is 25.8 Å².